The molecule has 33 heavy (non-hydrogen) atoms. The molecule has 1 aromatic heterocycles. The molecule has 0 aliphatic carbocycles. The summed E-state index contributed by atoms with van der Waals surface area (Å²) in [5, 5.41) is 9.84. The van der Waals surface area contributed by atoms with Gasteiger partial charge in [0.2, 0.25) is 0 Å². The highest BCUT2D eigenvalue weighted by Crippen LogP contribution is 2.31. The van der Waals surface area contributed by atoms with Crippen molar-refractivity contribution in [2.24, 2.45) is 5.92 Å². The van der Waals surface area contributed by atoms with Crippen LogP contribution in [0.3, 0.4) is 0 Å². The molecule has 0 aliphatic rings. The van der Waals surface area contributed by atoms with Crippen molar-refractivity contribution in [3.8, 4) is 16.9 Å². The van der Waals surface area contributed by atoms with Crippen LogP contribution in [0.4, 0.5) is 4.39 Å². The number of carbonyl (C=O) groups is 1. The summed E-state index contributed by atoms with van der Waals surface area (Å²) in [6, 6.07) is 15.8. The van der Waals surface area contributed by atoms with Crippen molar-refractivity contribution in [3.63, 3.8) is 0 Å². The molecular formula is C28H32FNO3. The van der Waals surface area contributed by atoms with Crippen LogP contribution in [-0.2, 0) is 18.4 Å². The molecule has 0 fully saturated rings. The van der Waals surface area contributed by atoms with Crippen LogP contribution >= 0.6 is 0 Å². The van der Waals surface area contributed by atoms with Crippen LogP contribution in [-0.4, -0.2) is 16.1 Å². The van der Waals surface area contributed by atoms with Gasteiger partial charge < -0.3 is 9.84 Å². The maximum atomic E-state index is 14.5. The highest BCUT2D eigenvalue weighted by atomic mass is 19.1. The number of carboxylic acid groups (broad SMARTS) is 1. The Balaban J connectivity index is 1.96. The lowest BCUT2D eigenvalue weighted by atomic mass is 9.82. The molecule has 4 nitrogen and oxygen atoms in total. The van der Waals surface area contributed by atoms with Crippen LogP contribution in [0.2, 0.25) is 0 Å². The third-order valence-electron chi connectivity index (χ3n) is 6.07. The van der Waals surface area contributed by atoms with Gasteiger partial charge in [0.25, 0.3) is 0 Å². The molecule has 0 saturated carbocycles. The van der Waals surface area contributed by atoms with Gasteiger partial charge in [-0.15, -0.1) is 0 Å². The maximum Gasteiger partial charge on any atom is 0.337 e. The molecule has 1 N–H and O–H groups in total. The zero-order chi connectivity index (χ0) is 24.2. The van der Waals surface area contributed by atoms with Gasteiger partial charge in [0.1, 0.15) is 18.2 Å². The molecular weight excluding hydrogens is 417 g/mol. The van der Waals surface area contributed by atoms with E-state index in [4.69, 9.17) is 4.74 Å². The minimum atomic E-state index is -1.12. The topological polar surface area (TPSA) is 59.4 Å². The lowest BCUT2D eigenvalue weighted by Crippen LogP contribution is -2.15. The number of aromatic carboxylic acids is 1. The lowest BCUT2D eigenvalue weighted by molar-refractivity contribution is 0.0693. The molecule has 3 rings (SSSR count). The van der Waals surface area contributed by atoms with Gasteiger partial charge in [0, 0.05) is 16.8 Å². The van der Waals surface area contributed by atoms with Crippen molar-refractivity contribution < 1.29 is 19.0 Å². The van der Waals surface area contributed by atoms with Crippen LogP contribution in [0, 0.1) is 11.7 Å². The number of ether oxygens (including phenoxy) is 1. The van der Waals surface area contributed by atoms with Crippen LogP contribution < -0.4 is 4.74 Å². The zero-order valence-corrected chi connectivity index (χ0v) is 20.0. The summed E-state index contributed by atoms with van der Waals surface area (Å²) >= 11 is 0. The van der Waals surface area contributed by atoms with Crippen LogP contribution in [0.5, 0.6) is 5.75 Å². The number of nitrogens with zero attached hydrogens (tertiary/aromatic N) is 1. The first kappa shape index (κ1) is 24.4. The first-order valence-electron chi connectivity index (χ1n) is 11.4. The summed E-state index contributed by atoms with van der Waals surface area (Å²) in [4.78, 5) is 16.7. The molecule has 0 spiro atoms. The Bertz CT molecular complexity index is 1120. The molecule has 0 unspecified atom stereocenters. The van der Waals surface area contributed by atoms with E-state index >= 15 is 0 Å². The Morgan fingerprint density at radius 3 is 2.30 bits per heavy atom. The number of aromatic nitrogens is 1. The molecule has 3 aromatic rings. The first-order valence-corrected chi connectivity index (χ1v) is 11.4. The van der Waals surface area contributed by atoms with Gasteiger partial charge >= 0.3 is 5.97 Å². The predicted molar refractivity (Wildman–Crippen MR) is 129 cm³/mol. The lowest BCUT2D eigenvalue weighted by Gasteiger charge is -2.23. The quantitative estimate of drug-likeness (QED) is 0.380. The fourth-order valence-corrected chi connectivity index (χ4v) is 3.70. The fourth-order valence-electron chi connectivity index (χ4n) is 3.70. The number of halogens is 1. The monoisotopic (exact) mass is 449 g/mol. The highest BCUT2D eigenvalue weighted by molar-refractivity contribution is 5.91. The molecule has 0 amide bonds. The summed E-state index contributed by atoms with van der Waals surface area (Å²) in [5.41, 5.74) is 3.17. The number of benzene rings is 2. The number of hydrogen-bond acceptors (Lipinski definition) is 3. The van der Waals surface area contributed by atoms with E-state index in [0.29, 0.717) is 34.7 Å². The van der Waals surface area contributed by atoms with Gasteiger partial charge in [-0.05, 0) is 54.0 Å². The predicted octanol–water partition coefficient (Wildman–Crippen LogP) is 7.05. The third-order valence-corrected chi connectivity index (χ3v) is 6.07. The zero-order valence-electron chi connectivity index (χ0n) is 20.0. The average molecular weight is 450 g/mol. The minimum Gasteiger partial charge on any atom is -0.487 e. The Kier molecular flexibility index (Phi) is 7.52. The van der Waals surface area contributed by atoms with E-state index in [1.54, 1.807) is 18.2 Å². The Morgan fingerprint density at radius 1 is 1.06 bits per heavy atom. The summed E-state index contributed by atoms with van der Waals surface area (Å²) in [6.07, 6.45) is 1.61. The molecule has 0 aliphatic heterocycles. The van der Waals surface area contributed by atoms with E-state index in [9.17, 15) is 14.3 Å². The average Bonchev–Trinajstić information content (AvgIpc) is 2.78. The molecule has 2 aromatic carbocycles. The number of pyridine rings is 1. The molecule has 0 bridgehead atoms. The molecule has 0 atom stereocenters. The Morgan fingerprint density at radius 2 is 1.73 bits per heavy atom. The third kappa shape index (κ3) is 5.78. The summed E-state index contributed by atoms with van der Waals surface area (Å²) in [7, 11) is 0. The number of hydrogen-bond donors (Lipinski definition) is 1. The Hall–Kier alpha value is -3.21. The number of rotatable bonds is 9. The number of carboxylic acids is 1. The second-order valence-corrected chi connectivity index (χ2v) is 9.41. The first-order chi connectivity index (χ1) is 15.6. The van der Waals surface area contributed by atoms with Gasteiger partial charge in [-0.25, -0.2) is 9.18 Å². The van der Waals surface area contributed by atoms with Crippen molar-refractivity contribution in [2.75, 3.05) is 0 Å². The smallest absolute Gasteiger partial charge is 0.337 e. The molecule has 0 saturated heterocycles. The summed E-state index contributed by atoms with van der Waals surface area (Å²) < 4.78 is 20.5. The second-order valence-electron chi connectivity index (χ2n) is 9.41. The van der Waals surface area contributed by atoms with Crippen LogP contribution in [0.25, 0.3) is 11.1 Å². The van der Waals surface area contributed by atoms with E-state index in [-0.39, 0.29) is 23.5 Å². The maximum absolute atomic E-state index is 14.5. The highest BCUT2D eigenvalue weighted by Gasteiger charge is 2.21. The van der Waals surface area contributed by atoms with Gasteiger partial charge in [-0.3, -0.25) is 4.98 Å². The SMILES string of the molecule is CCC(C)(C)c1ccc(OCc2nc(CC(C)C)c(-c3ccccc3F)cc2C(=O)O)cc1. The molecule has 0 radical (unpaired) electrons. The van der Waals surface area contributed by atoms with Crippen molar-refractivity contribution in [1.82, 2.24) is 4.98 Å². The van der Waals surface area contributed by atoms with E-state index in [1.807, 2.05) is 38.1 Å². The van der Waals surface area contributed by atoms with E-state index in [1.165, 1.54) is 17.7 Å². The second kappa shape index (κ2) is 10.2. The molecule has 5 heteroatoms. The van der Waals surface area contributed by atoms with Crippen molar-refractivity contribution in [1.29, 1.82) is 0 Å². The van der Waals surface area contributed by atoms with Crippen LogP contribution in [0.1, 0.15) is 68.3 Å². The van der Waals surface area contributed by atoms with E-state index in [0.717, 1.165) is 6.42 Å². The minimum absolute atomic E-state index is 0.0147. The molecule has 174 valence electrons. The Labute approximate surface area is 195 Å². The standard InChI is InChI=1S/C28H32FNO3/c1-6-28(4,5)19-11-13-20(14-12-19)33-17-26-23(27(31)32)16-22(25(30-26)15-18(2)3)21-9-7-8-10-24(21)29/h7-14,16,18H,6,15,17H2,1-5H3,(H,31,32). The van der Waals surface area contributed by atoms with Crippen molar-refractivity contribution in [3.05, 3.63) is 82.9 Å². The van der Waals surface area contributed by atoms with E-state index < -0.39 is 11.8 Å². The largest absolute Gasteiger partial charge is 0.487 e. The molecule has 1 heterocycles. The van der Waals surface area contributed by atoms with Crippen LogP contribution in [0.15, 0.2) is 54.6 Å². The normalized spacial score (nSPS) is 11.6. The van der Waals surface area contributed by atoms with Crippen molar-refractivity contribution >= 4 is 5.97 Å². The van der Waals surface area contributed by atoms with Gasteiger partial charge in [-0.2, -0.15) is 0 Å². The summed E-state index contributed by atoms with van der Waals surface area (Å²) in [5.74, 6) is -0.608. The fraction of sp³-hybridized carbons (Fsp3) is 0.357. The van der Waals surface area contributed by atoms with Gasteiger partial charge in [0.15, 0.2) is 0 Å². The van der Waals surface area contributed by atoms with Gasteiger partial charge in [-0.1, -0.05) is 65.0 Å². The summed E-state index contributed by atoms with van der Waals surface area (Å²) in [6.45, 7) is 10.7. The van der Waals surface area contributed by atoms with Gasteiger partial charge in [0.05, 0.1) is 11.3 Å². The van der Waals surface area contributed by atoms with Crippen molar-refractivity contribution in [2.45, 2.75) is 59.5 Å². The van der Waals surface area contributed by atoms with E-state index in [2.05, 4.69) is 25.8 Å².